The van der Waals surface area contributed by atoms with Gasteiger partial charge in [-0.05, 0) is 60.7 Å². The molecule has 4 rings (SSSR count). The van der Waals surface area contributed by atoms with Crippen molar-refractivity contribution in [3.05, 3.63) is 65.7 Å². The van der Waals surface area contributed by atoms with E-state index in [1.807, 2.05) is 24.3 Å². The van der Waals surface area contributed by atoms with Gasteiger partial charge in [-0.2, -0.15) is 0 Å². The van der Waals surface area contributed by atoms with E-state index in [-0.39, 0.29) is 30.2 Å². The molecule has 1 aliphatic rings. The highest BCUT2D eigenvalue weighted by Crippen LogP contribution is 2.24. The maximum absolute atomic E-state index is 13.2. The van der Waals surface area contributed by atoms with E-state index < -0.39 is 0 Å². The summed E-state index contributed by atoms with van der Waals surface area (Å²) in [6, 6.07) is 14.1. The van der Waals surface area contributed by atoms with Crippen LogP contribution in [0.1, 0.15) is 50.5 Å². The lowest BCUT2D eigenvalue weighted by atomic mass is 9.96. The minimum Gasteiger partial charge on any atom is -0.325 e. The number of anilines is 1. The van der Waals surface area contributed by atoms with Crippen LogP contribution in [0.25, 0.3) is 11.4 Å². The number of nitrogens with zero attached hydrogens (tertiary/aromatic N) is 3. The second-order valence-electron chi connectivity index (χ2n) is 8.68. The molecule has 168 valence electrons. The first-order valence-electron chi connectivity index (χ1n) is 11.3. The SMILES string of the molecule is CC(C)[C@H](NCC(=O)Nc1ccc(-c2nnc3n2CCCCC3)cc1)c1ccc(F)cc1. The second kappa shape index (κ2) is 10.0. The van der Waals surface area contributed by atoms with Crippen molar-refractivity contribution in [2.45, 2.75) is 52.1 Å². The fourth-order valence-corrected chi connectivity index (χ4v) is 4.22. The highest BCUT2D eigenvalue weighted by Gasteiger charge is 2.18. The van der Waals surface area contributed by atoms with Gasteiger partial charge in [-0.15, -0.1) is 10.2 Å². The number of aromatic nitrogens is 3. The molecule has 2 N–H and O–H groups in total. The summed E-state index contributed by atoms with van der Waals surface area (Å²) in [7, 11) is 0. The number of amides is 1. The fourth-order valence-electron chi connectivity index (χ4n) is 4.22. The molecule has 0 unspecified atom stereocenters. The summed E-state index contributed by atoms with van der Waals surface area (Å²) in [6.45, 7) is 5.26. The van der Waals surface area contributed by atoms with E-state index in [0.717, 1.165) is 54.3 Å². The van der Waals surface area contributed by atoms with Crippen molar-refractivity contribution in [2.24, 2.45) is 5.92 Å². The Bertz CT molecular complexity index is 1040. The fraction of sp³-hybridized carbons (Fsp3) is 0.400. The van der Waals surface area contributed by atoms with Crippen molar-refractivity contribution in [3.63, 3.8) is 0 Å². The molecule has 0 aliphatic carbocycles. The standard InChI is InChI=1S/C25H30FN5O/c1-17(2)24(18-7-11-20(26)12-8-18)27-16-23(32)28-21-13-9-19(10-14-21)25-30-29-22-6-4-3-5-15-31(22)25/h7-14,17,24,27H,3-6,15-16H2,1-2H3,(H,28,32)/t24-/m0/s1. The van der Waals surface area contributed by atoms with Gasteiger partial charge in [-0.3, -0.25) is 4.79 Å². The Morgan fingerprint density at radius 3 is 2.50 bits per heavy atom. The Kier molecular flexibility index (Phi) is 6.95. The van der Waals surface area contributed by atoms with Gasteiger partial charge >= 0.3 is 0 Å². The lowest BCUT2D eigenvalue weighted by molar-refractivity contribution is -0.115. The van der Waals surface area contributed by atoms with E-state index in [9.17, 15) is 9.18 Å². The zero-order valence-corrected chi connectivity index (χ0v) is 18.6. The Morgan fingerprint density at radius 1 is 1.03 bits per heavy atom. The van der Waals surface area contributed by atoms with Crippen LogP contribution in [0.4, 0.5) is 10.1 Å². The Labute approximate surface area is 188 Å². The number of benzene rings is 2. The smallest absolute Gasteiger partial charge is 0.238 e. The molecular formula is C25H30FN5O. The zero-order valence-electron chi connectivity index (χ0n) is 18.6. The minimum atomic E-state index is -0.264. The van der Waals surface area contributed by atoms with Crippen molar-refractivity contribution in [3.8, 4) is 11.4 Å². The van der Waals surface area contributed by atoms with Gasteiger partial charge in [0.2, 0.25) is 5.91 Å². The summed E-state index contributed by atoms with van der Waals surface area (Å²) in [5.74, 6) is 1.81. The highest BCUT2D eigenvalue weighted by molar-refractivity contribution is 5.92. The molecule has 0 saturated heterocycles. The van der Waals surface area contributed by atoms with Gasteiger partial charge in [0.1, 0.15) is 11.6 Å². The minimum absolute atomic E-state index is 0.0353. The molecular weight excluding hydrogens is 405 g/mol. The molecule has 2 aromatic carbocycles. The summed E-state index contributed by atoms with van der Waals surface area (Å²) >= 11 is 0. The van der Waals surface area contributed by atoms with Gasteiger partial charge in [0.05, 0.1) is 6.54 Å². The topological polar surface area (TPSA) is 71.8 Å². The summed E-state index contributed by atoms with van der Waals surface area (Å²) in [6.07, 6.45) is 4.51. The molecule has 7 heteroatoms. The molecule has 0 saturated carbocycles. The van der Waals surface area contributed by atoms with Gasteiger partial charge in [-0.25, -0.2) is 4.39 Å². The molecule has 1 atom stereocenters. The average Bonchev–Trinajstić information content (AvgIpc) is 3.03. The zero-order chi connectivity index (χ0) is 22.5. The van der Waals surface area contributed by atoms with Crippen LogP contribution in [-0.4, -0.2) is 27.2 Å². The number of carbonyl (C=O) groups excluding carboxylic acids is 1. The Balaban J connectivity index is 1.37. The van der Waals surface area contributed by atoms with Gasteiger partial charge in [0.25, 0.3) is 0 Å². The van der Waals surface area contributed by atoms with Crippen molar-refractivity contribution in [1.82, 2.24) is 20.1 Å². The number of hydrogen-bond donors (Lipinski definition) is 2. The molecule has 0 radical (unpaired) electrons. The van der Waals surface area contributed by atoms with Crippen molar-refractivity contribution in [2.75, 3.05) is 11.9 Å². The number of hydrogen-bond acceptors (Lipinski definition) is 4. The third kappa shape index (κ3) is 5.22. The molecule has 6 nitrogen and oxygen atoms in total. The van der Waals surface area contributed by atoms with Crippen LogP contribution in [0.5, 0.6) is 0 Å². The number of nitrogens with one attached hydrogen (secondary N) is 2. The first-order valence-corrected chi connectivity index (χ1v) is 11.3. The Morgan fingerprint density at radius 2 is 1.78 bits per heavy atom. The van der Waals surface area contributed by atoms with Crippen LogP contribution in [0.15, 0.2) is 48.5 Å². The first kappa shape index (κ1) is 22.1. The van der Waals surface area contributed by atoms with E-state index in [2.05, 4.69) is 39.2 Å². The number of halogens is 1. The molecule has 0 fully saturated rings. The quantitative estimate of drug-likeness (QED) is 0.563. The number of rotatable bonds is 7. The lowest BCUT2D eigenvalue weighted by Crippen LogP contribution is -2.33. The van der Waals surface area contributed by atoms with Crippen molar-refractivity contribution < 1.29 is 9.18 Å². The Hall–Kier alpha value is -3.06. The molecule has 32 heavy (non-hydrogen) atoms. The van der Waals surface area contributed by atoms with E-state index in [1.54, 1.807) is 12.1 Å². The molecule has 2 heterocycles. The van der Waals surface area contributed by atoms with Gasteiger partial charge in [0.15, 0.2) is 5.82 Å². The maximum atomic E-state index is 13.2. The van der Waals surface area contributed by atoms with Crippen molar-refractivity contribution >= 4 is 11.6 Å². The number of fused-ring (bicyclic) bond motifs is 1. The third-order valence-corrected chi connectivity index (χ3v) is 5.91. The molecule has 1 aromatic heterocycles. The third-order valence-electron chi connectivity index (χ3n) is 5.91. The van der Waals surface area contributed by atoms with Crippen LogP contribution in [0, 0.1) is 11.7 Å². The predicted molar refractivity (Wildman–Crippen MR) is 124 cm³/mol. The van der Waals surface area contributed by atoms with Crippen molar-refractivity contribution in [1.29, 1.82) is 0 Å². The van der Waals surface area contributed by atoms with Gasteiger partial charge < -0.3 is 15.2 Å². The van der Waals surface area contributed by atoms with Crippen LogP contribution in [0.3, 0.4) is 0 Å². The highest BCUT2D eigenvalue weighted by atomic mass is 19.1. The molecule has 1 amide bonds. The largest absolute Gasteiger partial charge is 0.325 e. The summed E-state index contributed by atoms with van der Waals surface area (Å²) in [4.78, 5) is 12.5. The van der Waals surface area contributed by atoms with Crippen LogP contribution >= 0.6 is 0 Å². The predicted octanol–water partition coefficient (Wildman–Crippen LogP) is 4.74. The van der Waals surface area contributed by atoms with E-state index in [4.69, 9.17) is 0 Å². The van der Waals surface area contributed by atoms with Gasteiger partial charge in [0, 0.05) is 30.3 Å². The summed E-state index contributed by atoms with van der Waals surface area (Å²) in [5.41, 5.74) is 2.70. The average molecular weight is 436 g/mol. The van der Waals surface area contributed by atoms with Crippen LogP contribution in [-0.2, 0) is 17.8 Å². The lowest BCUT2D eigenvalue weighted by Gasteiger charge is -2.23. The van der Waals surface area contributed by atoms with E-state index in [0.29, 0.717) is 0 Å². The number of carbonyl (C=O) groups is 1. The van der Waals surface area contributed by atoms with Gasteiger partial charge in [-0.1, -0.05) is 32.4 Å². The van der Waals surface area contributed by atoms with Crippen LogP contribution < -0.4 is 10.6 Å². The first-order chi connectivity index (χ1) is 15.5. The molecule has 3 aromatic rings. The molecule has 0 bridgehead atoms. The van der Waals surface area contributed by atoms with Crippen LogP contribution in [0.2, 0.25) is 0 Å². The maximum Gasteiger partial charge on any atom is 0.238 e. The van der Waals surface area contributed by atoms with E-state index in [1.165, 1.54) is 18.6 Å². The summed E-state index contributed by atoms with van der Waals surface area (Å²) in [5, 5.41) is 15.0. The molecule has 1 aliphatic heterocycles. The normalized spacial score (nSPS) is 14.6. The monoisotopic (exact) mass is 435 g/mol. The number of aryl methyl sites for hydroxylation is 1. The van der Waals surface area contributed by atoms with E-state index >= 15 is 0 Å². The second-order valence-corrected chi connectivity index (χ2v) is 8.68. The summed E-state index contributed by atoms with van der Waals surface area (Å²) < 4.78 is 15.4. The molecule has 0 spiro atoms.